The molecule has 4 nitrogen and oxygen atoms in total. The molecule has 0 radical (unpaired) electrons. The van der Waals surface area contributed by atoms with Gasteiger partial charge in [-0.25, -0.2) is 9.18 Å². The van der Waals surface area contributed by atoms with Crippen molar-refractivity contribution in [2.45, 2.75) is 12.7 Å². The second-order valence-corrected chi connectivity index (χ2v) is 6.19. The molecule has 2 aromatic carbocycles. The Bertz CT molecular complexity index is 1120. The molecule has 0 bridgehead atoms. The van der Waals surface area contributed by atoms with Gasteiger partial charge < -0.3 is 9.67 Å². The van der Waals surface area contributed by atoms with Crippen molar-refractivity contribution >= 4 is 28.5 Å². The van der Waals surface area contributed by atoms with Crippen LogP contribution < -0.4 is 5.43 Å². The van der Waals surface area contributed by atoms with Gasteiger partial charge in [0.2, 0.25) is 5.43 Å². The molecule has 140 valence electrons. The molecule has 1 aromatic heterocycles. The van der Waals surface area contributed by atoms with Crippen molar-refractivity contribution in [3.63, 3.8) is 0 Å². The Labute approximate surface area is 154 Å². The highest BCUT2D eigenvalue weighted by atomic mass is 35.5. The number of hydrogen-bond acceptors (Lipinski definition) is 2. The monoisotopic (exact) mass is 399 g/mol. The van der Waals surface area contributed by atoms with Crippen LogP contribution in [0.3, 0.4) is 0 Å². The molecule has 0 unspecified atom stereocenters. The lowest BCUT2D eigenvalue weighted by atomic mass is 10.1. The van der Waals surface area contributed by atoms with Gasteiger partial charge in [0, 0.05) is 18.1 Å². The second-order valence-electron chi connectivity index (χ2n) is 5.79. The first-order valence-corrected chi connectivity index (χ1v) is 7.87. The van der Waals surface area contributed by atoms with Crippen molar-refractivity contribution in [1.29, 1.82) is 0 Å². The van der Waals surface area contributed by atoms with E-state index in [0.29, 0.717) is 0 Å². The number of carboxylic acid groups (broad SMARTS) is 1. The van der Waals surface area contributed by atoms with E-state index in [-0.39, 0.29) is 28.0 Å². The summed E-state index contributed by atoms with van der Waals surface area (Å²) in [6.07, 6.45) is -3.54. The summed E-state index contributed by atoms with van der Waals surface area (Å²) < 4.78 is 53.7. The number of aromatic carboxylic acids is 1. The van der Waals surface area contributed by atoms with Gasteiger partial charge in [0.1, 0.15) is 11.4 Å². The highest BCUT2D eigenvalue weighted by Gasteiger charge is 2.30. The standard InChI is InChI=1S/C18H10ClF4NO3/c19-13-6-15-11(5-14(13)20)16(25)12(17(26)27)8-24(15)7-9-2-1-3-10(4-9)18(21,22)23/h1-6,8H,7H2,(H,26,27). The zero-order valence-electron chi connectivity index (χ0n) is 13.3. The van der Waals surface area contributed by atoms with E-state index in [0.717, 1.165) is 30.5 Å². The minimum absolute atomic E-state index is 0.105. The average Bonchev–Trinajstić information content (AvgIpc) is 2.58. The Balaban J connectivity index is 2.22. The number of halogens is 5. The molecule has 0 aliphatic heterocycles. The predicted molar refractivity (Wildman–Crippen MR) is 90.7 cm³/mol. The molecular formula is C18H10ClF4NO3. The van der Waals surface area contributed by atoms with Crippen molar-refractivity contribution in [3.05, 3.63) is 80.3 Å². The molecule has 3 rings (SSSR count). The number of aromatic nitrogens is 1. The largest absolute Gasteiger partial charge is 0.477 e. The number of carbonyl (C=O) groups is 1. The van der Waals surface area contributed by atoms with Gasteiger partial charge in [-0.15, -0.1) is 0 Å². The van der Waals surface area contributed by atoms with Gasteiger partial charge in [0.15, 0.2) is 0 Å². The molecule has 0 aliphatic rings. The van der Waals surface area contributed by atoms with Crippen molar-refractivity contribution in [1.82, 2.24) is 4.57 Å². The van der Waals surface area contributed by atoms with Crippen molar-refractivity contribution in [3.8, 4) is 0 Å². The maximum Gasteiger partial charge on any atom is 0.416 e. The van der Waals surface area contributed by atoms with Crippen molar-refractivity contribution in [2.75, 3.05) is 0 Å². The number of rotatable bonds is 3. The number of alkyl halides is 3. The number of fused-ring (bicyclic) bond motifs is 1. The fourth-order valence-electron chi connectivity index (χ4n) is 2.71. The van der Waals surface area contributed by atoms with Gasteiger partial charge in [-0.1, -0.05) is 23.7 Å². The molecule has 0 fully saturated rings. The van der Waals surface area contributed by atoms with Gasteiger partial charge in [0.05, 0.1) is 16.1 Å². The lowest BCUT2D eigenvalue weighted by molar-refractivity contribution is -0.137. The van der Waals surface area contributed by atoms with Gasteiger partial charge in [-0.2, -0.15) is 13.2 Å². The number of pyridine rings is 1. The first kappa shape index (κ1) is 18.9. The summed E-state index contributed by atoms with van der Waals surface area (Å²) in [5.74, 6) is -2.44. The summed E-state index contributed by atoms with van der Waals surface area (Å²) in [5.41, 5.74) is -2.09. The molecule has 9 heteroatoms. The van der Waals surface area contributed by atoms with E-state index in [1.807, 2.05) is 0 Å². The first-order valence-electron chi connectivity index (χ1n) is 7.49. The van der Waals surface area contributed by atoms with Crippen LogP contribution in [0, 0.1) is 5.82 Å². The quantitative estimate of drug-likeness (QED) is 0.657. The molecule has 1 N–H and O–H groups in total. The summed E-state index contributed by atoms with van der Waals surface area (Å²) >= 11 is 5.75. The topological polar surface area (TPSA) is 59.3 Å². The summed E-state index contributed by atoms with van der Waals surface area (Å²) in [6.45, 7) is -0.178. The SMILES string of the molecule is O=C(O)c1cn(Cc2cccc(C(F)(F)F)c2)c2cc(Cl)c(F)cc2c1=O. The molecule has 0 saturated carbocycles. The maximum absolute atomic E-state index is 13.8. The molecule has 0 aliphatic carbocycles. The lowest BCUT2D eigenvalue weighted by Gasteiger charge is -2.14. The van der Waals surface area contributed by atoms with Gasteiger partial charge in [0.25, 0.3) is 0 Å². The Morgan fingerprint density at radius 1 is 1.19 bits per heavy atom. The van der Waals surface area contributed by atoms with E-state index < -0.39 is 34.5 Å². The fourth-order valence-corrected chi connectivity index (χ4v) is 2.87. The average molecular weight is 400 g/mol. The molecule has 0 saturated heterocycles. The Hall–Kier alpha value is -2.87. The minimum atomic E-state index is -4.54. The van der Waals surface area contributed by atoms with E-state index >= 15 is 0 Å². The van der Waals surface area contributed by atoms with Crippen LogP contribution in [0.25, 0.3) is 10.9 Å². The predicted octanol–water partition coefficient (Wildman–Crippen LogP) is 4.56. The van der Waals surface area contributed by atoms with E-state index in [1.54, 1.807) is 0 Å². The van der Waals surface area contributed by atoms with Gasteiger partial charge >= 0.3 is 12.1 Å². The molecule has 1 heterocycles. The minimum Gasteiger partial charge on any atom is -0.477 e. The summed E-state index contributed by atoms with van der Waals surface area (Å²) in [5, 5.41) is 8.67. The molecule has 27 heavy (non-hydrogen) atoms. The van der Waals surface area contributed by atoms with Crippen molar-refractivity contribution in [2.24, 2.45) is 0 Å². The Kier molecular flexibility index (Phi) is 4.69. The van der Waals surface area contributed by atoms with Crippen LogP contribution in [0.1, 0.15) is 21.5 Å². The van der Waals surface area contributed by atoms with E-state index in [1.165, 1.54) is 16.7 Å². The van der Waals surface area contributed by atoms with E-state index in [2.05, 4.69) is 0 Å². The van der Waals surface area contributed by atoms with Crippen LogP contribution >= 0.6 is 11.6 Å². The molecule has 0 atom stereocenters. The molecule has 0 amide bonds. The highest BCUT2D eigenvalue weighted by molar-refractivity contribution is 6.31. The van der Waals surface area contributed by atoms with Crippen LogP contribution in [0.2, 0.25) is 5.02 Å². The molecule has 3 aromatic rings. The number of carboxylic acids is 1. The summed E-state index contributed by atoms with van der Waals surface area (Å²) in [4.78, 5) is 23.6. The highest BCUT2D eigenvalue weighted by Crippen LogP contribution is 2.30. The molecular weight excluding hydrogens is 390 g/mol. The van der Waals surface area contributed by atoms with E-state index in [9.17, 15) is 32.3 Å². The molecule has 0 spiro atoms. The third-order valence-corrected chi connectivity index (χ3v) is 4.25. The Morgan fingerprint density at radius 3 is 2.52 bits per heavy atom. The third kappa shape index (κ3) is 3.66. The number of hydrogen-bond donors (Lipinski definition) is 1. The zero-order chi connectivity index (χ0) is 19.9. The second kappa shape index (κ2) is 6.70. The Morgan fingerprint density at radius 2 is 1.89 bits per heavy atom. The normalized spacial score (nSPS) is 11.7. The van der Waals surface area contributed by atoms with E-state index in [4.69, 9.17) is 11.6 Å². The van der Waals surface area contributed by atoms with Gasteiger partial charge in [-0.05, 0) is 29.8 Å². The van der Waals surface area contributed by atoms with Crippen LogP contribution in [0.4, 0.5) is 17.6 Å². The third-order valence-electron chi connectivity index (χ3n) is 3.96. The van der Waals surface area contributed by atoms with Gasteiger partial charge in [-0.3, -0.25) is 4.79 Å². The number of benzene rings is 2. The van der Waals surface area contributed by atoms with Crippen LogP contribution in [0.15, 0.2) is 47.4 Å². The van der Waals surface area contributed by atoms with Crippen molar-refractivity contribution < 1.29 is 27.5 Å². The number of nitrogens with zero attached hydrogens (tertiary/aromatic N) is 1. The maximum atomic E-state index is 13.8. The summed E-state index contributed by atoms with van der Waals surface area (Å²) in [7, 11) is 0. The zero-order valence-corrected chi connectivity index (χ0v) is 14.1. The van der Waals surface area contributed by atoms with Crippen LogP contribution in [-0.4, -0.2) is 15.6 Å². The first-order chi connectivity index (χ1) is 12.6. The van der Waals surface area contributed by atoms with Crippen LogP contribution in [0.5, 0.6) is 0 Å². The summed E-state index contributed by atoms with van der Waals surface area (Å²) in [6, 6.07) is 6.40. The smallest absolute Gasteiger partial charge is 0.416 e. The van der Waals surface area contributed by atoms with Crippen LogP contribution in [-0.2, 0) is 12.7 Å². The fraction of sp³-hybridized carbons (Fsp3) is 0.111. The lowest BCUT2D eigenvalue weighted by Crippen LogP contribution is -2.19.